The molecular formula is C19H19N3O5S. The maximum Gasteiger partial charge on any atom is 0.340 e. The molecule has 1 aliphatic heterocycles. The normalized spacial score (nSPS) is 16.0. The van der Waals surface area contributed by atoms with Gasteiger partial charge in [0.2, 0.25) is 0 Å². The number of benzene rings is 2. The van der Waals surface area contributed by atoms with E-state index in [2.05, 4.69) is 6.92 Å². The minimum atomic E-state index is -0.799. The number of carbonyl (C=O) groups is 2. The maximum atomic E-state index is 12.7. The van der Waals surface area contributed by atoms with Gasteiger partial charge in [-0.3, -0.25) is 14.9 Å². The van der Waals surface area contributed by atoms with Crippen molar-refractivity contribution >= 4 is 40.7 Å². The van der Waals surface area contributed by atoms with Gasteiger partial charge in [0.25, 0.3) is 11.6 Å². The molecule has 0 unspecified atom stereocenters. The molecule has 2 aromatic rings. The molecule has 3 rings (SSSR count). The Bertz CT molecular complexity index is 934. The van der Waals surface area contributed by atoms with Crippen molar-refractivity contribution in [3.8, 4) is 0 Å². The van der Waals surface area contributed by atoms with Gasteiger partial charge in [-0.1, -0.05) is 19.1 Å². The number of fused-ring (bicyclic) bond motifs is 1. The molecule has 8 nitrogen and oxygen atoms in total. The Balaban J connectivity index is 1.70. The fourth-order valence-corrected chi connectivity index (χ4v) is 3.99. The fourth-order valence-electron chi connectivity index (χ4n) is 2.88. The second kappa shape index (κ2) is 8.30. The van der Waals surface area contributed by atoms with Crippen LogP contribution in [0.5, 0.6) is 0 Å². The number of hydrogen-bond acceptors (Lipinski definition) is 7. The summed E-state index contributed by atoms with van der Waals surface area (Å²) < 4.78 is 5.12. The number of esters is 1. The van der Waals surface area contributed by atoms with Crippen LogP contribution in [0.2, 0.25) is 0 Å². The highest BCUT2D eigenvalue weighted by atomic mass is 32.2. The number of para-hydroxylation sites is 1. The Hall–Kier alpha value is -3.07. The minimum absolute atomic E-state index is 0.0150. The van der Waals surface area contributed by atoms with E-state index >= 15 is 0 Å². The zero-order valence-electron chi connectivity index (χ0n) is 15.2. The third kappa shape index (κ3) is 4.25. The van der Waals surface area contributed by atoms with E-state index in [1.165, 1.54) is 12.1 Å². The van der Waals surface area contributed by atoms with Gasteiger partial charge in [-0.2, -0.15) is 0 Å². The zero-order valence-corrected chi connectivity index (χ0v) is 16.0. The van der Waals surface area contributed by atoms with E-state index in [1.807, 2.05) is 24.3 Å². The number of anilines is 2. The SMILES string of the molecule is C[C@H]1CCN(C(=O)COC(=O)c2ccc([N+](=O)[O-])cc2N)c2ccccc2S1. The summed E-state index contributed by atoms with van der Waals surface area (Å²) >= 11 is 1.71. The van der Waals surface area contributed by atoms with E-state index in [-0.39, 0.29) is 22.8 Å². The van der Waals surface area contributed by atoms with Crippen LogP contribution in [0, 0.1) is 10.1 Å². The van der Waals surface area contributed by atoms with Crippen molar-refractivity contribution in [3.63, 3.8) is 0 Å². The third-order valence-electron chi connectivity index (χ3n) is 4.34. The molecule has 0 saturated heterocycles. The van der Waals surface area contributed by atoms with E-state index in [4.69, 9.17) is 10.5 Å². The Kier molecular flexibility index (Phi) is 5.84. The average Bonchev–Trinajstić information content (AvgIpc) is 2.83. The number of thioether (sulfide) groups is 1. The number of hydrogen-bond donors (Lipinski definition) is 1. The lowest BCUT2D eigenvalue weighted by Gasteiger charge is -2.22. The van der Waals surface area contributed by atoms with Gasteiger partial charge < -0.3 is 15.4 Å². The highest BCUT2D eigenvalue weighted by molar-refractivity contribution is 8.00. The van der Waals surface area contributed by atoms with Crippen LogP contribution in [0.15, 0.2) is 47.4 Å². The number of nitrogens with two attached hydrogens (primary N) is 1. The van der Waals surface area contributed by atoms with Crippen molar-refractivity contribution in [2.75, 3.05) is 23.8 Å². The van der Waals surface area contributed by atoms with Crippen LogP contribution >= 0.6 is 11.8 Å². The number of non-ortho nitro benzene ring substituents is 1. The van der Waals surface area contributed by atoms with Crippen molar-refractivity contribution in [1.82, 2.24) is 0 Å². The van der Waals surface area contributed by atoms with Gasteiger partial charge >= 0.3 is 5.97 Å². The largest absolute Gasteiger partial charge is 0.452 e. The summed E-state index contributed by atoms with van der Waals surface area (Å²) in [6.45, 7) is 2.19. The molecule has 0 bridgehead atoms. The monoisotopic (exact) mass is 401 g/mol. The van der Waals surface area contributed by atoms with Gasteiger partial charge in [-0.25, -0.2) is 4.79 Å². The molecular weight excluding hydrogens is 382 g/mol. The summed E-state index contributed by atoms with van der Waals surface area (Å²) in [6.07, 6.45) is 0.814. The van der Waals surface area contributed by atoms with Crippen LogP contribution in [-0.2, 0) is 9.53 Å². The first-order valence-corrected chi connectivity index (χ1v) is 9.52. The van der Waals surface area contributed by atoms with Gasteiger partial charge in [0.1, 0.15) is 0 Å². The average molecular weight is 401 g/mol. The van der Waals surface area contributed by atoms with Crippen LogP contribution in [-0.4, -0.2) is 35.2 Å². The molecule has 1 amide bonds. The molecule has 1 heterocycles. The van der Waals surface area contributed by atoms with E-state index in [9.17, 15) is 19.7 Å². The van der Waals surface area contributed by atoms with Crippen LogP contribution in [0.25, 0.3) is 0 Å². The lowest BCUT2D eigenvalue weighted by molar-refractivity contribution is -0.384. The second-order valence-electron chi connectivity index (χ2n) is 6.34. The quantitative estimate of drug-likeness (QED) is 0.362. The van der Waals surface area contributed by atoms with Crippen molar-refractivity contribution in [2.45, 2.75) is 23.5 Å². The summed E-state index contributed by atoms with van der Waals surface area (Å²) in [5.74, 6) is -1.14. The topological polar surface area (TPSA) is 116 Å². The summed E-state index contributed by atoms with van der Waals surface area (Å²) in [6, 6.07) is 11.1. The molecule has 2 aromatic carbocycles. The Morgan fingerprint density at radius 1 is 1.32 bits per heavy atom. The fraction of sp³-hybridized carbons (Fsp3) is 0.263. The molecule has 0 spiro atoms. The van der Waals surface area contributed by atoms with E-state index in [0.717, 1.165) is 23.1 Å². The lowest BCUT2D eigenvalue weighted by atomic mass is 10.1. The van der Waals surface area contributed by atoms with Gasteiger partial charge in [0.15, 0.2) is 6.61 Å². The maximum absolute atomic E-state index is 12.7. The number of ether oxygens (including phenoxy) is 1. The van der Waals surface area contributed by atoms with E-state index in [1.54, 1.807) is 16.7 Å². The van der Waals surface area contributed by atoms with Crippen LogP contribution < -0.4 is 10.6 Å². The molecule has 28 heavy (non-hydrogen) atoms. The number of nitrogens with zero attached hydrogens (tertiary/aromatic N) is 2. The molecule has 0 aliphatic carbocycles. The number of nitrogen functional groups attached to an aromatic ring is 1. The number of nitro benzene ring substituents is 1. The summed E-state index contributed by atoms with van der Waals surface area (Å²) in [5.41, 5.74) is 6.19. The standard InChI is InChI=1S/C19H19N3O5S/c1-12-8-9-21(16-4-2-3-5-17(16)28-12)18(23)11-27-19(24)14-7-6-13(22(25)26)10-15(14)20/h2-7,10,12H,8-9,11,20H2,1H3/t12-/m0/s1. The number of amides is 1. The smallest absolute Gasteiger partial charge is 0.340 e. The molecule has 2 N–H and O–H groups in total. The van der Waals surface area contributed by atoms with Gasteiger partial charge in [0, 0.05) is 28.8 Å². The summed E-state index contributed by atoms with van der Waals surface area (Å²) in [5, 5.41) is 11.1. The molecule has 0 aromatic heterocycles. The molecule has 9 heteroatoms. The number of carbonyl (C=O) groups excluding carboxylic acids is 2. The molecule has 0 saturated carbocycles. The Morgan fingerprint density at radius 2 is 2.07 bits per heavy atom. The molecule has 0 radical (unpaired) electrons. The second-order valence-corrected chi connectivity index (χ2v) is 7.82. The van der Waals surface area contributed by atoms with E-state index < -0.39 is 17.5 Å². The van der Waals surface area contributed by atoms with Crippen LogP contribution in [0.1, 0.15) is 23.7 Å². The summed E-state index contributed by atoms with van der Waals surface area (Å²) in [4.78, 5) is 37.7. The van der Waals surface area contributed by atoms with Crippen molar-refractivity contribution in [1.29, 1.82) is 0 Å². The molecule has 1 aliphatic rings. The number of rotatable bonds is 4. The van der Waals surface area contributed by atoms with Gasteiger partial charge in [-0.15, -0.1) is 11.8 Å². The minimum Gasteiger partial charge on any atom is -0.452 e. The van der Waals surface area contributed by atoms with Crippen molar-refractivity contribution in [2.24, 2.45) is 0 Å². The van der Waals surface area contributed by atoms with Crippen LogP contribution in [0.4, 0.5) is 17.1 Å². The molecule has 0 fully saturated rings. The third-order valence-corrected chi connectivity index (χ3v) is 5.57. The van der Waals surface area contributed by atoms with Crippen LogP contribution in [0.3, 0.4) is 0 Å². The predicted octanol–water partition coefficient (Wildman–Crippen LogP) is 3.25. The zero-order chi connectivity index (χ0) is 20.3. The van der Waals surface area contributed by atoms with Gasteiger partial charge in [0.05, 0.1) is 21.9 Å². The Labute approximate surface area is 165 Å². The van der Waals surface area contributed by atoms with Crippen molar-refractivity contribution < 1.29 is 19.2 Å². The van der Waals surface area contributed by atoms with E-state index in [0.29, 0.717) is 11.8 Å². The van der Waals surface area contributed by atoms with Gasteiger partial charge in [-0.05, 0) is 24.6 Å². The highest BCUT2D eigenvalue weighted by Crippen LogP contribution is 2.37. The predicted molar refractivity (Wildman–Crippen MR) is 107 cm³/mol. The first-order chi connectivity index (χ1) is 13.4. The summed E-state index contributed by atoms with van der Waals surface area (Å²) in [7, 11) is 0. The lowest BCUT2D eigenvalue weighted by Crippen LogP contribution is -2.35. The first kappa shape index (κ1) is 19.7. The molecule has 1 atom stereocenters. The van der Waals surface area contributed by atoms with Crippen molar-refractivity contribution in [3.05, 3.63) is 58.1 Å². The highest BCUT2D eigenvalue weighted by Gasteiger charge is 2.25. The first-order valence-electron chi connectivity index (χ1n) is 8.64. The number of nitro groups is 1. The Morgan fingerprint density at radius 3 is 2.79 bits per heavy atom. The molecule has 146 valence electrons.